The van der Waals surface area contributed by atoms with E-state index in [0.717, 1.165) is 6.54 Å². The molecule has 0 atom stereocenters. The van der Waals surface area contributed by atoms with Gasteiger partial charge in [-0.25, -0.2) is 4.57 Å². The Morgan fingerprint density at radius 3 is 3.11 bits per heavy atom. The summed E-state index contributed by atoms with van der Waals surface area (Å²) in [5, 5.41) is 1.39. The van der Waals surface area contributed by atoms with E-state index in [1.54, 1.807) is 0 Å². The number of aromatic nitrogens is 1. The van der Waals surface area contributed by atoms with Crippen LogP contribution in [0.15, 0.2) is 35.5 Å². The molecular formula is C15H21N2S+. The first-order valence-electron chi connectivity index (χ1n) is 6.43. The lowest BCUT2D eigenvalue weighted by molar-refractivity contribution is -0.673. The van der Waals surface area contributed by atoms with E-state index in [2.05, 4.69) is 66.9 Å². The third-order valence-electron chi connectivity index (χ3n) is 3.15. The quantitative estimate of drug-likeness (QED) is 0.772. The predicted molar refractivity (Wildman–Crippen MR) is 79.2 cm³/mol. The highest BCUT2D eigenvalue weighted by Gasteiger charge is 2.14. The fourth-order valence-electron chi connectivity index (χ4n) is 2.02. The van der Waals surface area contributed by atoms with E-state index < -0.39 is 0 Å². The Hall–Kier alpha value is -1.22. The largest absolute Gasteiger partial charge is 0.366 e. The molecule has 0 saturated carbocycles. The highest BCUT2D eigenvalue weighted by atomic mass is 32.2. The van der Waals surface area contributed by atoms with E-state index in [9.17, 15) is 0 Å². The average Bonchev–Trinajstić information content (AvgIpc) is 2.81. The van der Waals surface area contributed by atoms with Gasteiger partial charge >= 0.3 is 0 Å². The molecule has 96 valence electrons. The Morgan fingerprint density at radius 2 is 2.33 bits per heavy atom. The maximum absolute atomic E-state index is 2.42. The molecule has 2 heterocycles. The second-order valence-corrected chi connectivity index (χ2v) is 5.65. The van der Waals surface area contributed by atoms with Crippen LogP contribution in [-0.2, 0) is 7.05 Å². The first-order valence-corrected chi connectivity index (χ1v) is 7.41. The summed E-state index contributed by atoms with van der Waals surface area (Å²) >= 11 is 1.95. The summed E-state index contributed by atoms with van der Waals surface area (Å²) in [6, 6.07) is 4.33. The van der Waals surface area contributed by atoms with Crippen molar-refractivity contribution in [1.82, 2.24) is 4.90 Å². The third kappa shape index (κ3) is 3.16. The number of pyridine rings is 1. The summed E-state index contributed by atoms with van der Waals surface area (Å²) in [6.45, 7) is 6.62. The molecular weight excluding hydrogens is 240 g/mol. The van der Waals surface area contributed by atoms with Crippen molar-refractivity contribution in [3.8, 4) is 0 Å². The summed E-state index contributed by atoms with van der Waals surface area (Å²) in [4.78, 5) is 2.42. The molecule has 1 aromatic heterocycles. The van der Waals surface area contributed by atoms with E-state index in [-0.39, 0.29) is 0 Å². The smallest absolute Gasteiger partial charge is 0.205 e. The molecule has 0 unspecified atom stereocenters. The summed E-state index contributed by atoms with van der Waals surface area (Å²) < 4.78 is 2.14. The minimum absolute atomic E-state index is 1.10. The van der Waals surface area contributed by atoms with Crippen LogP contribution in [0.1, 0.15) is 18.2 Å². The summed E-state index contributed by atoms with van der Waals surface area (Å²) in [5.41, 5.74) is 2.53. The molecule has 0 amide bonds. The normalized spacial score (nSPS) is 18.2. The minimum Gasteiger partial charge on any atom is -0.366 e. The Balaban J connectivity index is 2.11. The average molecular weight is 261 g/mol. The molecule has 0 radical (unpaired) electrons. The van der Waals surface area contributed by atoms with Gasteiger partial charge in [-0.15, -0.1) is 11.8 Å². The molecule has 1 aliphatic rings. The van der Waals surface area contributed by atoms with Gasteiger partial charge in [0.1, 0.15) is 7.05 Å². The first kappa shape index (κ1) is 13.2. The van der Waals surface area contributed by atoms with Crippen molar-refractivity contribution in [1.29, 1.82) is 0 Å². The van der Waals surface area contributed by atoms with Crippen LogP contribution in [0.3, 0.4) is 0 Å². The van der Waals surface area contributed by atoms with Crippen molar-refractivity contribution < 1.29 is 4.57 Å². The van der Waals surface area contributed by atoms with E-state index in [4.69, 9.17) is 0 Å². The van der Waals surface area contributed by atoms with Gasteiger partial charge in [0, 0.05) is 37.1 Å². The second kappa shape index (κ2) is 6.10. The fourth-order valence-corrected chi connectivity index (χ4v) is 3.12. The number of hydrogen-bond donors (Lipinski definition) is 0. The van der Waals surface area contributed by atoms with Crippen LogP contribution in [0.25, 0.3) is 6.08 Å². The third-order valence-corrected chi connectivity index (χ3v) is 4.23. The van der Waals surface area contributed by atoms with Crippen LogP contribution >= 0.6 is 11.8 Å². The summed E-state index contributed by atoms with van der Waals surface area (Å²) in [5.74, 6) is 1.21. The van der Waals surface area contributed by atoms with Crippen molar-refractivity contribution in [2.24, 2.45) is 7.05 Å². The van der Waals surface area contributed by atoms with Crippen molar-refractivity contribution >= 4 is 17.8 Å². The molecule has 0 spiro atoms. The number of thioether (sulfide) groups is 1. The van der Waals surface area contributed by atoms with Crippen LogP contribution in [0.5, 0.6) is 0 Å². The molecule has 2 rings (SSSR count). The van der Waals surface area contributed by atoms with Gasteiger partial charge in [-0.3, -0.25) is 0 Å². The van der Waals surface area contributed by atoms with Gasteiger partial charge in [0.05, 0.1) is 5.03 Å². The van der Waals surface area contributed by atoms with Crippen molar-refractivity contribution in [2.45, 2.75) is 13.8 Å². The monoisotopic (exact) mass is 261 g/mol. The lowest BCUT2D eigenvalue weighted by Crippen LogP contribution is -2.30. The Labute approximate surface area is 114 Å². The zero-order valence-electron chi connectivity index (χ0n) is 11.4. The molecule has 18 heavy (non-hydrogen) atoms. The predicted octanol–water partition coefficient (Wildman–Crippen LogP) is 2.74. The van der Waals surface area contributed by atoms with E-state index in [1.807, 2.05) is 11.8 Å². The van der Waals surface area contributed by atoms with E-state index in [1.165, 1.54) is 28.6 Å². The Morgan fingerprint density at radius 1 is 1.50 bits per heavy atom. The molecule has 0 bridgehead atoms. The van der Waals surface area contributed by atoms with Gasteiger partial charge < -0.3 is 4.90 Å². The van der Waals surface area contributed by atoms with Gasteiger partial charge in [0.25, 0.3) is 0 Å². The first-order chi connectivity index (χ1) is 8.70. The Bertz CT molecular complexity index is 477. The number of hydrogen-bond acceptors (Lipinski definition) is 2. The van der Waals surface area contributed by atoms with E-state index in [0.29, 0.717) is 0 Å². The molecule has 0 N–H and O–H groups in total. The van der Waals surface area contributed by atoms with Crippen molar-refractivity contribution in [3.05, 3.63) is 46.8 Å². The number of allylic oxidation sites excluding steroid dienone is 2. The number of nitrogens with zero attached hydrogens (tertiary/aromatic N) is 2. The summed E-state index contributed by atoms with van der Waals surface area (Å²) in [6.07, 6.45) is 8.66. The number of rotatable bonds is 3. The SMILES string of the molecule is CCN1CCS/C1=C\C=C\c1cc(C)cc[n+]1C. The van der Waals surface area contributed by atoms with Gasteiger partial charge in [-0.1, -0.05) is 6.08 Å². The van der Waals surface area contributed by atoms with Crippen molar-refractivity contribution in [3.63, 3.8) is 0 Å². The van der Waals surface area contributed by atoms with Gasteiger partial charge in [0.2, 0.25) is 5.69 Å². The maximum atomic E-state index is 2.42. The van der Waals surface area contributed by atoms with Crippen molar-refractivity contribution in [2.75, 3.05) is 18.8 Å². The molecule has 0 aliphatic carbocycles. The molecule has 1 aliphatic heterocycles. The minimum atomic E-state index is 1.10. The Kier molecular flexibility index (Phi) is 4.48. The highest BCUT2D eigenvalue weighted by molar-refractivity contribution is 8.03. The highest BCUT2D eigenvalue weighted by Crippen LogP contribution is 2.27. The van der Waals surface area contributed by atoms with Gasteiger partial charge in [-0.2, -0.15) is 0 Å². The van der Waals surface area contributed by atoms with E-state index >= 15 is 0 Å². The zero-order valence-corrected chi connectivity index (χ0v) is 12.2. The number of aryl methyl sites for hydroxylation is 2. The zero-order chi connectivity index (χ0) is 13.0. The lowest BCUT2D eigenvalue weighted by Gasteiger charge is -2.14. The standard InChI is InChI=1S/C15H21N2S/c1-4-17-10-11-18-15(17)7-5-6-14-12-13(2)8-9-16(14)3/h5-9,12H,4,10-11H2,1-3H3/q+1. The topological polar surface area (TPSA) is 7.12 Å². The van der Waals surface area contributed by atoms with Crippen LogP contribution in [0.2, 0.25) is 0 Å². The molecule has 0 aromatic carbocycles. The van der Waals surface area contributed by atoms with Crippen LogP contribution < -0.4 is 4.57 Å². The maximum Gasteiger partial charge on any atom is 0.205 e. The second-order valence-electron chi connectivity index (χ2n) is 4.53. The van der Waals surface area contributed by atoms with Crippen LogP contribution in [0.4, 0.5) is 0 Å². The van der Waals surface area contributed by atoms with Crippen LogP contribution in [0, 0.1) is 6.92 Å². The van der Waals surface area contributed by atoms with Gasteiger partial charge in [-0.05, 0) is 25.5 Å². The molecule has 2 nitrogen and oxygen atoms in total. The molecule has 1 aromatic rings. The van der Waals surface area contributed by atoms with Crippen LogP contribution in [-0.4, -0.2) is 23.7 Å². The fraction of sp³-hybridized carbons (Fsp3) is 0.400. The molecule has 1 saturated heterocycles. The summed E-state index contributed by atoms with van der Waals surface area (Å²) in [7, 11) is 2.08. The lowest BCUT2D eigenvalue weighted by atomic mass is 10.2. The van der Waals surface area contributed by atoms with Gasteiger partial charge in [0.15, 0.2) is 6.20 Å². The molecule has 3 heteroatoms. The molecule has 1 fully saturated rings.